The van der Waals surface area contributed by atoms with Gasteiger partial charge in [-0.05, 0) is 50.2 Å². The van der Waals surface area contributed by atoms with Gasteiger partial charge in [0.15, 0.2) is 17.5 Å². The van der Waals surface area contributed by atoms with Crippen LogP contribution in [0.5, 0.6) is 11.5 Å². The zero-order chi connectivity index (χ0) is 19.1. The van der Waals surface area contributed by atoms with Crippen molar-refractivity contribution in [3.63, 3.8) is 0 Å². The van der Waals surface area contributed by atoms with Crippen LogP contribution in [0.1, 0.15) is 19.4 Å². The molecule has 0 saturated carbocycles. The molecule has 0 aliphatic carbocycles. The fourth-order valence-electron chi connectivity index (χ4n) is 2.61. The van der Waals surface area contributed by atoms with Gasteiger partial charge in [-0.1, -0.05) is 17.7 Å². The molecule has 26 heavy (non-hydrogen) atoms. The van der Waals surface area contributed by atoms with Gasteiger partial charge in [-0.2, -0.15) is 0 Å². The van der Waals surface area contributed by atoms with Crippen molar-refractivity contribution in [3.05, 3.63) is 53.1 Å². The van der Waals surface area contributed by atoms with Crippen molar-refractivity contribution >= 4 is 23.2 Å². The Morgan fingerprint density at radius 1 is 1.23 bits per heavy atom. The standard InChI is InChI=1S/C20H25ClN2O3/c1-5-26-18-10-9-15(11-19(18)25-4)13-23(3)14(2)20(24)22-17-8-6-7-16(21)12-17/h6-12,14H,5,13H2,1-4H3,(H,22,24)/p+1/t14-/m0/s1. The van der Waals surface area contributed by atoms with E-state index in [2.05, 4.69) is 5.32 Å². The average molecular weight is 378 g/mol. The molecular formula is C20H26ClN2O3+. The van der Waals surface area contributed by atoms with E-state index in [0.29, 0.717) is 29.6 Å². The molecule has 0 aliphatic rings. The number of amides is 1. The molecule has 0 aromatic heterocycles. The predicted molar refractivity (Wildman–Crippen MR) is 104 cm³/mol. The summed E-state index contributed by atoms with van der Waals surface area (Å²) in [7, 11) is 3.62. The minimum absolute atomic E-state index is 0.0531. The van der Waals surface area contributed by atoms with Crippen molar-refractivity contribution in [3.8, 4) is 11.5 Å². The highest BCUT2D eigenvalue weighted by Crippen LogP contribution is 2.27. The first-order valence-corrected chi connectivity index (χ1v) is 9.00. The Morgan fingerprint density at radius 3 is 2.65 bits per heavy atom. The smallest absolute Gasteiger partial charge is 0.282 e. The Bertz CT molecular complexity index is 752. The molecule has 2 N–H and O–H groups in total. The van der Waals surface area contributed by atoms with Crippen LogP contribution < -0.4 is 19.7 Å². The topological polar surface area (TPSA) is 52.0 Å². The summed E-state index contributed by atoms with van der Waals surface area (Å²) in [6.45, 7) is 5.11. The van der Waals surface area contributed by atoms with E-state index in [1.54, 1.807) is 19.2 Å². The third kappa shape index (κ3) is 5.38. The van der Waals surface area contributed by atoms with Crippen molar-refractivity contribution in [2.45, 2.75) is 26.4 Å². The fraction of sp³-hybridized carbons (Fsp3) is 0.350. The van der Waals surface area contributed by atoms with E-state index < -0.39 is 0 Å². The van der Waals surface area contributed by atoms with Crippen LogP contribution in [0.15, 0.2) is 42.5 Å². The van der Waals surface area contributed by atoms with Gasteiger partial charge in [0.2, 0.25) is 0 Å². The summed E-state index contributed by atoms with van der Waals surface area (Å²) in [5, 5.41) is 3.50. The molecule has 0 fully saturated rings. The lowest BCUT2D eigenvalue weighted by atomic mass is 10.1. The molecule has 0 aliphatic heterocycles. The first-order valence-electron chi connectivity index (χ1n) is 8.63. The van der Waals surface area contributed by atoms with E-state index in [4.69, 9.17) is 21.1 Å². The maximum Gasteiger partial charge on any atom is 0.282 e. The number of quaternary nitrogens is 1. The number of hydrogen-bond acceptors (Lipinski definition) is 3. The van der Waals surface area contributed by atoms with Crippen molar-refractivity contribution in [2.24, 2.45) is 0 Å². The third-order valence-electron chi connectivity index (χ3n) is 4.24. The molecule has 5 nitrogen and oxygen atoms in total. The molecule has 140 valence electrons. The number of carbonyl (C=O) groups excluding carboxylic acids is 1. The highest BCUT2D eigenvalue weighted by Gasteiger charge is 2.22. The zero-order valence-electron chi connectivity index (χ0n) is 15.6. The van der Waals surface area contributed by atoms with Crippen LogP contribution in [0.3, 0.4) is 0 Å². The second kappa shape index (κ2) is 9.46. The van der Waals surface area contributed by atoms with Crippen molar-refractivity contribution in [1.29, 1.82) is 0 Å². The average Bonchev–Trinajstić information content (AvgIpc) is 2.62. The SMILES string of the molecule is CCOc1ccc(C[NH+](C)[C@@H](C)C(=O)Nc2cccc(Cl)c2)cc1OC. The highest BCUT2D eigenvalue weighted by molar-refractivity contribution is 6.30. The minimum atomic E-state index is -0.230. The predicted octanol–water partition coefficient (Wildman–Crippen LogP) is 2.79. The first kappa shape index (κ1) is 20.1. The first-order chi connectivity index (χ1) is 12.4. The van der Waals surface area contributed by atoms with E-state index >= 15 is 0 Å². The minimum Gasteiger partial charge on any atom is -0.493 e. The number of carbonyl (C=O) groups is 1. The lowest BCUT2D eigenvalue weighted by Crippen LogP contribution is -3.12. The molecular weight excluding hydrogens is 352 g/mol. The number of likely N-dealkylation sites (N-methyl/N-ethyl adjacent to an activating group) is 1. The molecule has 2 atom stereocenters. The fourth-order valence-corrected chi connectivity index (χ4v) is 2.80. The molecule has 2 aromatic rings. The Kier molecular flexibility index (Phi) is 7.30. The van der Waals surface area contributed by atoms with E-state index in [1.807, 2.05) is 51.2 Å². The third-order valence-corrected chi connectivity index (χ3v) is 4.47. The molecule has 6 heteroatoms. The Morgan fingerprint density at radius 2 is 2.00 bits per heavy atom. The summed E-state index contributed by atoms with van der Waals surface area (Å²) in [4.78, 5) is 13.6. The zero-order valence-corrected chi connectivity index (χ0v) is 16.4. The number of rotatable bonds is 8. The summed E-state index contributed by atoms with van der Waals surface area (Å²) in [6.07, 6.45) is 0. The molecule has 1 amide bonds. The van der Waals surface area contributed by atoms with Crippen LogP contribution in [-0.2, 0) is 11.3 Å². The van der Waals surface area contributed by atoms with Crippen LogP contribution in [0, 0.1) is 0 Å². The molecule has 0 heterocycles. The molecule has 2 aromatic carbocycles. The second-order valence-electron chi connectivity index (χ2n) is 6.16. The molecule has 2 rings (SSSR count). The van der Waals surface area contributed by atoms with E-state index in [1.165, 1.54) is 0 Å². The van der Waals surface area contributed by atoms with Gasteiger partial charge in [0.1, 0.15) is 6.54 Å². The van der Waals surface area contributed by atoms with Gasteiger partial charge >= 0.3 is 0 Å². The molecule has 0 spiro atoms. The van der Waals surface area contributed by atoms with Gasteiger partial charge in [-0.25, -0.2) is 0 Å². The number of ether oxygens (including phenoxy) is 2. The lowest BCUT2D eigenvalue weighted by Gasteiger charge is -2.21. The normalized spacial score (nSPS) is 13.0. The highest BCUT2D eigenvalue weighted by atomic mass is 35.5. The monoisotopic (exact) mass is 377 g/mol. The maximum absolute atomic E-state index is 12.5. The van der Waals surface area contributed by atoms with Crippen LogP contribution >= 0.6 is 11.6 Å². The van der Waals surface area contributed by atoms with Gasteiger partial charge in [0.05, 0.1) is 20.8 Å². The number of anilines is 1. The lowest BCUT2D eigenvalue weighted by molar-refractivity contribution is -0.907. The molecule has 0 bridgehead atoms. The summed E-state index contributed by atoms with van der Waals surface area (Å²) in [5.41, 5.74) is 1.77. The van der Waals surface area contributed by atoms with E-state index in [9.17, 15) is 4.79 Å². The second-order valence-corrected chi connectivity index (χ2v) is 6.60. The van der Waals surface area contributed by atoms with Gasteiger partial charge in [-0.3, -0.25) is 4.79 Å². The number of methoxy groups -OCH3 is 1. The van der Waals surface area contributed by atoms with Crippen LogP contribution in [-0.4, -0.2) is 32.7 Å². The Labute approximate surface area is 159 Å². The van der Waals surface area contributed by atoms with Gasteiger partial charge in [0, 0.05) is 16.3 Å². The summed E-state index contributed by atoms with van der Waals surface area (Å²) in [6, 6.07) is 12.8. The number of halogens is 1. The summed E-state index contributed by atoms with van der Waals surface area (Å²) < 4.78 is 10.9. The molecule has 1 unspecified atom stereocenters. The van der Waals surface area contributed by atoms with Gasteiger partial charge in [-0.15, -0.1) is 0 Å². The van der Waals surface area contributed by atoms with E-state index in [0.717, 1.165) is 16.2 Å². The number of hydrogen-bond donors (Lipinski definition) is 2. The van der Waals surface area contributed by atoms with Gasteiger partial charge < -0.3 is 19.7 Å². The molecule has 0 saturated heterocycles. The van der Waals surface area contributed by atoms with Crippen molar-refractivity contribution < 1.29 is 19.2 Å². The maximum atomic E-state index is 12.5. The Balaban J connectivity index is 2.01. The van der Waals surface area contributed by atoms with Crippen LogP contribution in [0.2, 0.25) is 5.02 Å². The largest absolute Gasteiger partial charge is 0.493 e. The number of nitrogens with one attached hydrogen (secondary N) is 2. The molecule has 0 radical (unpaired) electrons. The number of benzene rings is 2. The van der Waals surface area contributed by atoms with Gasteiger partial charge in [0.25, 0.3) is 5.91 Å². The van der Waals surface area contributed by atoms with E-state index in [-0.39, 0.29) is 11.9 Å². The summed E-state index contributed by atoms with van der Waals surface area (Å²) >= 11 is 5.96. The summed E-state index contributed by atoms with van der Waals surface area (Å²) in [5.74, 6) is 1.37. The van der Waals surface area contributed by atoms with Crippen LogP contribution in [0.4, 0.5) is 5.69 Å². The van der Waals surface area contributed by atoms with Crippen molar-refractivity contribution in [1.82, 2.24) is 0 Å². The quantitative estimate of drug-likeness (QED) is 0.743. The Hall–Kier alpha value is -2.24. The van der Waals surface area contributed by atoms with Crippen LogP contribution in [0.25, 0.3) is 0 Å². The van der Waals surface area contributed by atoms with Crippen molar-refractivity contribution in [2.75, 3.05) is 26.1 Å².